The maximum Gasteiger partial charge on any atom is 0.130 e. The van der Waals surface area contributed by atoms with Gasteiger partial charge in [0.25, 0.3) is 0 Å². The van der Waals surface area contributed by atoms with Crippen LogP contribution in [0.1, 0.15) is 12.5 Å². The molecule has 0 atom stereocenters. The van der Waals surface area contributed by atoms with Gasteiger partial charge in [-0.1, -0.05) is 6.92 Å². The molecule has 1 aromatic carbocycles. The molecule has 2 aromatic rings. The van der Waals surface area contributed by atoms with Crippen LogP contribution in [-0.4, -0.2) is 17.1 Å². The minimum atomic E-state index is -0.343. The summed E-state index contributed by atoms with van der Waals surface area (Å²) in [6.45, 7) is 1.95. The third-order valence-electron chi connectivity index (χ3n) is 2.75. The fourth-order valence-electron chi connectivity index (χ4n) is 1.87. The van der Waals surface area contributed by atoms with Crippen molar-refractivity contribution >= 4 is 5.82 Å². The normalized spacial score (nSPS) is 10.4. The number of hydrogen-bond acceptors (Lipinski definition) is 4. The topological polar surface area (TPSA) is 61.0 Å². The van der Waals surface area contributed by atoms with E-state index in [-0.39, 0.29) is 5.82 Å². The van der Waals surface area contributed by atoms with Crippen LogP contribution in [0.25, 0.3) is 11.3 Å². The van der Waals surface area contributed by atoms with Crippen molar-refractivity contribution in [1.82, 2.24) is 9.97 Å². The van der Waals surface area contributed by atoms with Crippen LogP contribution >= 0.6 is 0 Å². The first-order valence-corrected chi connectivity index (χ1v) is 5.60. The van der Waals surface area contributed by atoms with Crippen molar-refractivity contribution < 1.29 is 9.13 Å². The van der Waals surface area contributed by atoms with Crippen LogP contribution in [0.2, 0.25) is 0 Å². The van der Waals surface area contributed by atoms with E-state index in [0.29, 0.717) is 29.2 Å². The summed E-state index contributed by atoms with van der Waals surface area (Å²) in [5, 5.41) is 0. The maximum atomic E-state index is 13.4. The molecule has 2 rings (SSSR count). The first-order chi connectivity index (χ1) is 8.67. The van der Waals surface area contributed by atoms with Crippen molar-refractivity contribution in [3.05, 3.63) is 35.9 Å². The first-order valence-electron chi connectivity index (χ1n) is 5.60. The molecule has 1 heterocycles. The second-order valence-electron chi connectivity index (χ2n) is 3.78. The molecule has 0 aliphatic heterocycles. The highest BCUT2D eigenvalue weighted by atomic mass is 19.1. The fraction of sp³-hybridized carbons (Fsp3) is 0.231. The second-order valence-corrected chi connectivity index (χ2v) is 3.78. The number of benzene rings is 1. The molecule has 2 N–H and O–H groups in total. The first kappa shape index (κ1) is 12.3. The number of nitrogens with two attached hydrogens (primary N) is 1. The van der Waals surface area contributed by atoms with Gasteiger partial charge in [0.2, 0.25) is 0 Å². The number of methoxy groups -OCH3 is 1. The molecule has 0 saturated carbocycles. The van der Waals surface area contributed by atoms with Crippen molar-refractivity contribution in [2.24, 2.45) is 0 Å². The number of nitrogens with zero attached hydrogens (tertiary/aromatic N) is 2. The van der Waals surface area contributed by atoms with Crippen LogP contribution in [0.15, 0.2) is 24.5 Å². The lowest BCUT2D eigenvalue weighted by molar-refractivity contribution is 0.415. The number of hydrogen-bond donors (Lipinski definition) is 1. The highest BCUT2D eigenvalue weighted by molar-refractivity contribution is 5.72. The van der Waals surface area contributed by atoms with E-state index in [4.69, 9.17) is 10.5 Å². The molecule has 0 radical (unpaired) electrons. The molecule has 5 heteroatoms. The lowest BCUT2D eigenvalue weighted by Crippen LogP contribution is -2.02. The summed E-state index contributed by atoms with van der Waals surface area (Å²) in [7, 11) is 1.53. The molecule has 4 nitrogen and oxygen atoms in total. The molecule has 0 unspecified atom stereocenters. The van der Waals surface area contributed by atoms with Gasteiger partial charge in [-0.05, 0) is 24.6 Å². The van der Waals surface area contributed by atoms with Crippen LogP contribution in [0, 0.1) is 5.82 Å². The predicted molar refractivity (Wildman–Crippen MR) is 67.8 cm³/mol. The van der Waals surface area contributed by atoms with E-state index >= 15 is 0 Å². The Morgan fingerprint density at radius 2 is 2.11 bits per heavy atom. The van der Waals surface area contributed by atoms with E-state index in [2.05, 4.69) is 9.97 Å². The Labute approximate surface area is 105 Å². The maximum absolute atomic E-state index is 13.4. The Kier molecular flexibility index (Phi) is 3.41. The zero-order chi connectivity index (χ0) is 13.1. The summed E-state index contributed by atoms with van der Waals surface area (Å²) in [5.74, 6) is 0.628. The number of anilines is 1. The van der Waals surface area contributed by atoms with E-state index in [1.807, 2.05) is 6.92 Å². The zero-order valence-corrected chi connectivity index (χ0v) is 10.3. The van der Waals surface area contributed by atoms with Crippen LogP contribution in [-0.2, 0) is 6.42 Å². The summed E-state index contributed by atoms with van der Waals surface area (Å²) < 4.78 is 18.6. The molecule has 0 saturated heterocycles. The van der Waals surface area contributed by atoms with Crippen LogP contribution in [0.4, 0.5) is 10.2 Å². The van der Waals surface area contributed by atoms with Gasteiger partial charge in [0.15, 0.2) is 0 Å². The largest absolute Gasteiger partial charge is 0.496 e. The molecule has 0 aliphatic rings. The average Bonchev–Trinajstić information content (AvgIpc) is 2.38. The fourth-order valence-corrected chi connectivity index (χ4v) is 1.87. The summed E-state index contributed by atoms with van der Waals surface area (Å²) in [4.78, 5) is 8.14. The summed E-state index contributed by atoms with van der Waals surface area (Å²) in [6.07, 6.45) is 2.04. The Hall–Kier alpha value is -2.17. The SMILES string of the molecule is CCc1c(N)ncnc1-c1cc(F)ccc1OC. The number of aromatic nitrogens is 2. The monoisotopic (exact) mass is 247 g/mol. The number of nitrogen functional groups attached to an aromatic ring is 1. The Morgan fingerprint density at radius 3 is 2.78 bits per heavy atom. The molecule has 0 aliphatic carbocycles. The van der Waals surface area contributed by atoms with Crippen molar-refractivity contribution in [2.45, 2.75) is 13.3 Å². The van der Waals surface area contributed by atoms with Crippen LogP contribution in [0.5, 0.6) is 5.75 Å². The lowest BCUT2D eigenvalue weighted by atomic mass is 10.0. The molecule has 0 amide bonds. The highest BCUT2D eigenvalue weighted by Gasteiger charge is 2.14. The van der Waals surface area contributed by atoms with Gasteiger partial charge in [0, 0.05) is 11.1 Å². The lowest BCUT2D eigenvalue weighted by Gasteiger charge is -2.12. The minimum Gasteiger partial charge on any atom is -0.496 e. The average molecular weight is 247 g/mol. The van der Waals surface area contributed by atoms with Gasteiger partial charge in [-0.3, -0.25) is 0 Å². The number of halogens is 1. The highest BCUT2D eigenvalue weighted by Crippen LogP contribution is 2.32. The Morgan fingerprint density at radius 1 is 1.33 bits per heavy atom. The quantitative estimate of drug-likeness (QED) is 0.904. The van der Waals surface area contributed by atoms with Crippen LogP contribution < -0.4 is 10.5 Å². The van der Waals surface area contributed by atoms with E-state index in [1.54, 1.807) is 6.07 Å². The van der Waals surface area contributed by atoms with Gasteiger partial charge in [0.1, 0.15) is 23.7 Å². The Bertz CT molecular complexity index is 572. The molecular formula is C13H14FN3O. The second kappa shape index (κ2) is 5.00. The van der Waals surface area contributed by atoms with E-state index in [0.717, 1.165) is 5.56 Å². The third kappa shape index (κ3) is 2.11. The van der Waals surface area contributed by atoms with E-state index in [9.17, 15) is 4.39 Å². The van der Waals surface area contributed by atoms with Gasteiger partial charge in [0.05, 0.1) is 12.8 Å². The summed E-state index contributed by atoms with van der Waals surface area (Å²) in [6, 6.07) is 4.31. The molecule has 1 aromatic heterocycles. The van der Waals surface area contributed by atoms with Crippen molar-refractivity contribution in [3.63, 3.8) is 0 Å². The zero-order valence-electron chi connectivity index (χ0n) is 10.3. The van der Waals surface area contributed by atoms with Gasteiger partial charge in [-0.15, -0.1) is 0 Å². The minimum absolute atomic E-state index is 0.343. The third-order valence-corrected chi connectivity index (χ3v) is 2.75. The molecule has 18 heavy (non-hydrogen) atoms. The van der Waals surface area contributed by atoms with Crippen molar-refractivity contribution in [3.8, 4) is 17.0 Å². The summed E-state index contributed by atoms with van der Waals surface area (Å²) >= 11 is 0. The smallest absolute Gasteiger partial charge is 0.130 e. The van der Waals surface area contributed by atoms with E-state index in [1.165, 1.54) is 25.6 Å². The van der Waals surface area contributed by atoms with E-state index < -0.39 is 0 Å². The molecule has 0 fully saturated rings. The standard InChI is InChI=1S/C13H14FN3O/c1-3-9-12(16-7-17-13(9)15)10-6-8(14)4-5-11(10)18-2/h4-7H,3H2,1-2H3,(H2,15,16,17). The molecule has 94 valence electrons. The van der Waals surface area contributed by atoms with Gasteiger partial charge in [-0.2, -0.15) is 0 Å². The molecular weight excluding hydrogens is 233 g/mol. The van der Waals surface area contributed by atoms with Gasteiger partial charge < -0.3 is 10.5 Å². The predicted octanol–water partition coefficient (Wildman–Crippen LogP) is 2.44. The van der Waals surface area contributed by atoms with Crippen LogP contribution in [0.3, 0.4) is 0 Å². The van der Waals surface area contributed by atoms with Crippen molar-refractivity contribution in [2.75, 3.05) is 12.8 Å². The number of rotatable bonds is 3. The summed E-state index contributed by atoms with van der Waals surface area (Å²) in [5.41, 5.74) is 7.80. The van der Waals surface area contributed by atoms with Gasteiger partial charge in [-0.25, -0.2) is 14.4 Å². The van der Waals surface area contributed by atoms with Crippen molar-refractivity contribution in [1.29, 1.82) is 0 Å². The molecule has 0 spiro atoms. The molecule has 0 bridgehead atoms. The Balaban J connectivity index is 2.68. The van der Waals surface area contributed by atoms with Gasteiger partial charge >= 0.3 is 0 Å². The number of ether oxygens (including phenoxy) is 1.